The predicted molar refractivity (Wildman–Crippen MR) is 85.2 cm³/mol. The molecule has 0 aromatic heterocycles. The summed E-state index contributed by atoms with van der Waals surface area (Å²) in [6.45, 7) is 3.17. The minimum atomic E-state index is -1.92. The van der Waals surface area contributed by atoms with E-state index in [1.54, 1.807) is 0 Å². The van der Waals surface area contributed by atoms with Crippen LogP contribution in [0, 0.1) is 0 Å². The molecule has 0 aromatic carbocycles. The highest BCUT2D eigenvalue weighted by molar-refractivity contribution is 7.80. The van der Waals surface area contributed by atoms with E-state index in [4.69, 9.17) is 9.05 Å². The van der Waals surface area contributed by atoms with Crippen molar-refractivity contribution in [2.24, 2.45) is 0 Å². The molecular formula is C14H30O3PS+. The smallest absolute Gasteiger partial charge is 0.177 e. The fourth-order valence-corrected chi connectivity index (χ4v) is 2.71. The van der Waals surface area contributed by atoms with Gasteiger partial charge in [0.05, 0.1) is 0 Å². The van der Waals surface area contributed by atoms with Gasteiger partial charge in [0, 0.05) is 10.3 Å². The van der Waals surface area contributed by atoms with E-state index in [9.17, 15) is 4.57 Å². The summed E-state index contributed by atoms with van der Waals surface area (Å²) < 4.78 is 21.1. The van der Waals surface area contributed by atoms with Gasteiger partial charge in [0.25, 0.3) is 0 Å². The van der Waals surface area contributed by atoms with Crippen LogP contribution in [-0.4, -0.2) is 19.0 Å². The maximum Gasteiger partial charge on any atom is 0.697 e. The third-order valence-electron chi connectivity index (χ3n) is 2.98. The quantitative estimate of drug-likeness (QED) is 0.245. The molecule has 0 saturated heterocycles. The van der Waals surface area contributed by atoms with Crippen molar-refractivity contribution in [2.75, 3.05) is 19.0 Å². The minimum absolute atomic E-state index is 0.385. The molecule has 1 unspecified atom stereocenters. The fourth-order valence-electron chi connectivity index (χ4n) is 1.88. The van der Waals surface area contributed by atoms with Gasteiger partial charge in [-0.25, -0.2) is 0 Å². The van der Waals surface area contributed by atoms with E-state index >= 15 is 0 Å². The highest BCUT2D eigenvalue weighted by atomic mass is 32.1. The highest BCUT2D eigenvalue weighted by Gasteiger charge is 2.18. The zero-order valence-corrected chi connectivity index (χ0v) is 14.1. The van der Waals surface area contributed by atoms with Crippen LogP contribution < -0.4 is 0 Å². The summed E-state index contributed by atoms with van der Waals surface area (Å²) in [5.74, 6) is 0.572. The summed E-state index contributed by atoms with van der Waals surface area (Å²) in [7, 11) is -1.92. The molecule has 0 aromatic rings. The van der Waals surface area contributed by atoms with Crippen LogP contribution in [0.4, 0.5) is 0 Å². The lowest BCUT2D eigenvalue weighted by atomic mass is 10.1. The van der Waals surface area contributed by atoms with Gasteiger partial charge in [-0.3, -0.25) is 0 Å². The third kappa shape index (κ3) is 16.3. The van der Waals surface area contributed by atoms with Gasteiger partial charge in [0.15, 0.2) is 0 Å². The summed E-state index contributed by atoms with van der Waals surface area (Å²) in [6.07, 6.45) is 12.9. The Balaban J connectivity index is 3.04. The largest absolute Gasteiger partial charge is 0.697 e. The zero-order chi connectivity index (χ0) is 14.2. The molecule has 1 atom stereocenters. The monoisotopic (exact) mass is 309 g/mol. The molecule has 0 N–H and O–H groups in total. The van der Waals surface area contributed by atoms with E-state index in [0.717, 1.165) is 12.8 Å². The maximum absolute atomic E-state index is 11.1. The molecule has 0 rings (SSSR count). The van der Waals surface area contributed by atoms with Gasteiger partial charge in [-0.15, -0.1) is 9.05 Å². The van der Waals surface area contributed by atoms with Crippen LogP contribution in [0.15, 0.2) is 0 Å². The first-order valence-electron chi connectivity index (χ1n) is 7.65. The second kappa shape index (κ2) is 16.4. The van der Waals surface area contributed by atoms with Crippen molar-refractivity contribution < 1.29 is 13.6 Å². The maximum atomic E-state index is 11.1. The van der Waals surface area contributed by atoms with Gasteiger partial charge < -0.3 is 0 Å². The summed E-state index contributed by atoms with van der Waals surface area (Å²) in [5, 5.41) is 0. The molecule has 0 radical (unpaired) electrons. The number of hydrogen-bond acceptors (Lipinski definition) is 4. The number of hydrogen-bond donors (Lipinski definition) is 1. The molecule has 0 aliphatic rings. The second-order valence-electron chi connectivity index (χ2n) is 4.80. The molecule has 0 saturated carbocycles. The Morgan fingerprint density at radius 3 is 1.79 bits per heavy atom. The van der Waals surface area contributed by atoms with E-state index in [2.05, 4.69) is 19.6 Å². The second-order valence-corrected chi connectivity index (χ2v) is 6.21. The Bertz CT molecular complexity index is 203. The molecule has 3 nitrogen and oxygen atoms in total. The van der Waals surface area contributed by atoms with Gasteiger partial charge in [-0.1, -0.05) is 64.7 Å². The highest BCUT2D eigenvalue weighted by Crippen LogP contribution is 2.23. The van der Waals surface area contributed by atoms with Crippen LogP contribution in [0.2, 0.25) is 0 Å². The normalized spacial score (nSPS) is 11.8. The summed E-state index contributed by atoms with van der Waals surface area (Å²) >= 11 is 3.97. The minimum Gasteiger partial charge on any atom is -0.177 e. The third-order valence-corrected chi connectivity index (χ3v) is 3.95. The van der Waals surface area contributed by atoms with Crippen LogP contribution in [0.1, 0.15) is 71.1 Å². The molecule has 114 valence electrons. The zero-order valence-electron chi connectivity index (χ0n) is 12.3. The van der Waals surface area contributed by atoms with E-state index < -0.39 is 8.25 Å². The molecule has 19 heavy (non-hydrogen) atoms. The Kier molecular flexibility index (Phi) is 16.7. The van der Waals surface area contributed by atoms with E-state index in [1.165, 1.54) is 51.4 Å². The van der Waals surface area contributed by atoms with Crippen LogP contribution in [0.3, 0.4) is 0 Å². The number of thiol groups is 1. The SMILES string of the molecule is CCCCCCCCCCCCO[P+](=O)OCCS. The predicted octanol–water partition coefficient (Wildman–Crippen LogP) is 5.53. The van der Waals surface area contributed by atoms with Gasteiger partial charge >= 0.3 is 8.25 Å². The van der Waals surface area contributed by atoms with Crippen LogP contribution in [0.25, 0.3) is 0 Å². The van der Waals surface area contributed by atoms with Crippen molar-refractivity contribution in [3.05, 3.63) is 0 Å². The van der Waals surface area contributed by atoms with Crippen LogP contribution in [0.5, 0.6) is 0 Å². The standard InChI is InChI=1S/C14H29O3PS/c1-2-3-4-5-6-7-8-9-10-11-12-16-18(15)17-13-14-19/h2-14H2,1H3/p+1. The Morgan fingerprint density at radius 2 is 1.26 bits per heavy atom. The summed E-state index contributed by atoms with van der Waals surface area (Å²) in [4.78, 5) is 0. The Labute approximate surface area is 125 Å². The molecule has 0 spiro atoms. The first kappa shape index (κ1) is 19.4. The van der Waals surface area contributed by atoms with Crippen molar-refractivity contribution in [2.45, 2.75) is 71.1 Å². The fraction of sp³-hybridized carbons (Fsp3) is 1.00. The first-order chi connectivity index (χ1) is 9.31. The molecule has 0 bridgehead atoms. The van der Waals surface area contributed by atoms with E-state index in [-0.39, 0.29) is 0 Å². The van der Waals surface area contributed by atoms with E-state index in [0.29, 0.717) is 19.0 Å². The number of unbranched alkanes of at least 4 members (excludes halogenated alkanes) is 9. The summed E-state index contributed by atoms with van der Waals surface area (Å²) in [6, 6.07) is 0. The molecule has 0 heterocycles. The van der Waals surface area contributed by atoms with Crippen molar-refractivity contribution in [1.82, 2.24) is 0 Å². The van der Waals surface area contributed by atoms with E-state index in [1.807, 2.05) is 0 Å². The lowest BCUT2D eigenvalue weighted by Gasteiger charge is -2.00. The van der Waals surface area contributed by atoms with Gasteiger partial charge in [-0.05, 0) is 6.42 Å². The molecule has 0 fully saturated rings. The van der Waals surface area contributed by atoms with Crippen molar-refractivity contribution in [3.63, 3.8) is 0 Å². The van der Waals surface area contributed by atoms with Crippen LogP contribution in [-0.2, 0) is 13.6 Å². The topological polar surface area (TPSA) is 35.5 Å². The Morgan fingerprint density at radius 1 is 0.789 bits per heavy atom. The lowest BCUT2D eigenvalue weighted by Crippen LogP contribution is -1.92. The van der Waals surface area contributed by atoms with Gasteiger partial charge in [0.1, 0.15) is 13.2 Å². The molecular weight excluding hydrogens is 279 g/mol. The molecule has 5 heteroatoms. The van der Waals surface area contributed by atoms with Crippen LogP contribution >= 0.6 is 20.9 Å². The Hall–Kier alpha value is 0.370. The van der Waals surface area contributed by atoms with Gasteiger partial charge in [0.2, 0.25) is 0 Å². The lowest BCUT2D eigenvalue weighted by molar-refractivity contribution is 0.231. The summed E-state index contributed by atoms with van der Waals surface area (Å²) in [5.41, 5.74) is 0. The molecule has 0 aliphatic carbocycles. The van der Waals surface area contributed by atoms with Crippen molar-refractivity contribution >= 4 is 20.9 Å². The molecule has 0 aliphatic heterocycles. The average Bonchev–Trinajstić information content (AvgIpc) is 2.42. The number of rotatable bonds is 15. The molecule has 0 amide bonds. The van der Waals surface area contributed by atoms with Crippen molar-refractivity contribution in [3.8, 4) is 0 Å². The average molecular weight is 309 g/mol. The van der Waals surface area contributed by atoms with Crippen molar-refractivity contribution in [1.29, 1.82) is 0 Å². The van der Waals surface area contributed by atoms with Gasteiger partial charge in [-0.2, -0.15) is 12.6 Å². The first-order valence-corrected chi connectivity index (χ1v) is 9.38.